The number of amidine groups is 1. The Morgan fingerprint density at radius 2 is 2.15 bits per heavy atom. The average Bonchev–Trinajstić information content (AvgIpc) is 2.62. The standard InChI is InChI=1S/C21H30ClN3O/c1-7-15-26-19(8-2)14-13-17(4)25(6)18(5)23-21(22)24-20-12-10-9-11-16(20)3/h8-14,16,18H,2,7,15H2,1,3-6H3/b17-13+,19-14+,23-21-,24-20-. The predicted molar refractivity (Wildman–Crippen MR) is 114 cm³/mol. The van der Waals surface area contributed by atoms with Gasteiger partial charge in [0, 0.05) is 18.7 Å². The smallest absolute Gasteiger partial charge is 0.220 e. The molecule has 2 unspecified atom stereocenters. The highest BCUT2D eigenvalue weighted by atomic mass is 35.5. The van der Waals surface area contributed by atoms with E-state index in [1.54, 1.807) is 6.08 Å². The summed E-state index contributed by atoms with van der Waals surface area (Å²) in [4.78, 5) is 10.9. The number of halogens is 1. The molecule has 0 saturated carbocycles. The van der Waals surface area contributed by atoms with Gasteiger partial charge in [-0.2, -0.15) is 0 Å². The van der Waals surface area contributed by atoms with Gasteiger partial charge in [-0.25, -0.2) is 9.98 Å². The van der Waals surface area contributed by atoms with Gasteiger partial charge < -0.3 is 9.64 Å². The zero-order chi connectivity index (χ0) is 19.5. The molecule has 0 heterocycles. The van der Waals surface area contributed by atoms with Crippen molar-refractivity contribution in [1.82, 2.24) is 4.90 Å². The van der Waals surface area contributed by atoms with E-state index in [4.69, 9.17) is 16.3 Å². The lowest BCUT2D eigenvalue weighted by atomic mass is 10.0. The third kappa shape index (κ3) is 7.44. The number of allylic oxidation sites excluding steroid dienone is 8. The largest absolute Gasteiger partial charge is 0.494 e. The quantitative estimate of drug-likeness (QED) is 0.185. The fourth-order valence-electron chi connectivity index (χ4n) is 2.16. The summed E-state index contributed by atoms with van der Waals surface area (Å²) in [6.07, 6.45) is 14.4. The van der Waals surface area contributed by atoms with Crippen molar-refractivity contribution in [3.8, 4) is 0 Å². The molecule has 2 atom stereocenters. The Morgan fingerprint density at radius 3 is 2.77 bits per heavy atom. The molecule has 26 heavy (non-hydrogen) atoms. The topological polar surface area (TPSA) is 37.2 Å². The first kappa shape index (κ1) is 22.0. The molecule has 0 aromatic carbocycles. The van der Waals surface area contributed by atoms with E-state index in [0.717, 1.165) is 23.6 Å². The van der Waals surface area contributed by atoms with Crippen LogP contribution in [0.15, 0.2) is 70.6 Å². The van der Waals surface area contributed by atoms with Crippen molar-refractivity contribution in [2.45, 2.75) is 40.3 Å². The van der Waals surface area contributed by atoms with Crippen LogP contribution >= 0.6 is 11.6 Å². The number of ether oxygens (including phenoxy) is 1. The van der Waals surface area contributed by atoms with E-state index in [2.05, 4.69) is 36.5 Å². The highest BCUT2D eigenvalue weighted by Crippen LogP contribution is 2.13. The van der Waals surface area contributed by atoms with Crippen LogP contribution in [-0.4, -0.2) is 35.7 Å². The highest BCUT2D eigenvalue weighted by molar-refractivity contribution is 6.65. The number of hydrogen-bond acceptors (Lipinski definition) is 3. The number of rotatable bonds is 8. The van der Waals surface area contributed by atoms with E-state index >= 15 is 0 Å². The van der Waals surface area contributed by atoms with E-state index in [9.17, 15) is 0 Å². The molecule has 0 fully saturated rings. The second kappa shape index (κ2) is 11.5. The number of aliphatic imine (C=N–C) groups is 2. The summed E-state index contributed by atoms with van der Waals surface area (Å²) >= 11 is 6.24. The summed E-state index contributed by atoms with van der Waals surface area (Å²) in [6.45, 7) is 12.6. The summed E-state index contributed by atoms with van der Waals surface area (Å²) < 4.78 is 5.59. The predicted octanol–water partition coefficient (Wildman–Crippen LogP) is 5.46. The summed E-state index contributed by atoms with van der Waals surface area (Å²) in [5, 5.41) is 0.257. The van der Waals surface area contributed by atoms with Crippen LogP contribution in [0.25, 0.3) is 0 Å². The highest BCUT2D eigenvalue weighted by Gasteiger charge is 2.11. The molecule has 0 aromatic heterocycles. The monoisotopic (exact) mass is 375 g/mol. The Kier molecular flexibility index (Phi) is 9.74. The molecule has 1 aliphatic carbocycles. The van der Waals surface area contributed by atoms with Gasteiger partial charge in [0.25, 0.3) is 0 Å². The van der Waals surface area contributed by atoms with Crippen molar-refractivity contribution in [3.63, 3.8) is 0 Å². The van der Waals surface area contributed by atoms with Crippen LogP contribution in [0.5, 0.6) is 0 Å². The van der Waals surface area contributed by atoms with Gasteiger partial charge in [-0.15, -0.1) is 0 Å². The minimum absolute atomic E-state index is 0.140. The van der Waals surface area contributed by atoms with Crippen LogP contribution in [0.3, 0.4) is 0 Å². The molecule has 4 nitrogen and oxygen atoms in total. The first-order valence-electron chi connectivity index (χ1n) is 8.92. The van der Waals surface area contributed by atoms with E-state index in [0.29, 0.717) is 6.61 Å². The van der Waals surface area contributed by atoms with Crippen LogP contribution in [0, 0.1) is 5.92 Å². The fraction of sp³-hybridized carbons (Fsp3) is 0.429. The van der Waals surface area contributed by atoms with Gasteiger partial charge in [0.05, 0.1) is 12.3 Å². The van der Waals surface area contributed by atoms with Gasteiger partial charge in [0.2, 0.25) is 5.29 Å². The Bertz CT molecular complexity index is 656. The van der Waals surface area contributed by atoms with Crippen molar-refractivity contribution in [2.24, 2.45) is 15.9 Å². The molecule has 1 aliphatic rings. The second-order valence-corrected chi connectivity index (χ2v) is 6.48. The summed E-state index contributed by atoms with van der Waals surface area (Å²) in [6, 6.07) is 0. The minimum Gasteiger partial charge on any atom is -0.494 e. The molecule has 5 heteroatoms. The van der Waals surface area contributed by atoms with Gasteiger partial charge >= 0.3 is 0 Å². The van der Waals surface area contributed by atoms with Crippen LogP contribution in [-0.2, 0) is 4.74 Å². The van der Waals surface area contributed by atoms with Crippen LogP contribution in [0.2, 0.25) is 0 Å². The van der Waals surface area contributed by atoms with Crippen molar-refractivity contribution in [1.29, 1.82) is 0 Å². The van der Waals surface area contributed by atoms with Crippen molar-refractivity contribution < 1.29 is 4.74 Å². The number of hydrogen-bond donors (Lipinski definition) is 0. The maximum atomic E-state index is 6.24. The Morgan fingerprint density at radius 1 is 1.42 bits per heavy atom. The molecule has 142 valence electrons. The minimum atomic E-state index is -0.140. The molecule has 0 saturated heterocycles. The average molecular weight is 376 g/mol. The van der Waals surface area contributed by atoms with Gasteiger partial charge in [-0.3, -0.25) is 0 Å². The summed E-state index contributed by atoms with van der Waals surface area (Å²) in [5.41, 5.74) is 1.95. The zero-order valence-electron chi connectivity index (χ0n) is 16.4. The molecular formula is C21H30ClN3O. The third-order valence-corrected chi connectivity index (χ3v) is 4.22. The molecule has 0 radical (unpaired) electrons. The molecule has 0 amide bonds. The lowest BCUT2D eigenvalue weighted by molar-refractivity contribution is 0.225. The normalized spacial score (nSPS) is 21.1. The Hall–Kier alpha value is -2.07. The Labute approximate surface area is 163 Å². The molecule has 0 N–H and O–H groups in total. The van der Waals surface area contributed by atoms with Crippen molar-refractivity contribution in [3.05, 3.63) is 60.6 Å². The SMILES string of the molecule is C=C/C(=C\C=C(/C)N(C)C(C)/N=C(Cl)\N=C1\C=CC=CC1C)OCCC. The second-order valence-electron chi connectivity index (χ2n) is 6.14. The summed E-state index contributed by atoms with van der Waals surface area (Å²) in [7, 11) is 1.97. The van der Waals surface area contributed by atoms with E-state index in [1.807, 2.05) is 56.2 Å². The Balaban J connectivity index is 2.80. The third-order valence-electron chi connectivity index (χ3n) is 4.04. The van der Waals surface area contributed by atoms with Gasteiger partial charge in [0.1, 0.15) is 11.9 Å². The molecular weight excluding hydrogens is 346 g/mol. The van der Waals surface area contributed by atoms with Crippen molar-refractivity contribution >= 4 is 22.6 Å². The fourth-order valence-corrected chi connectivity index (χ4v) is 2.40. The van der Waals surface area contributed by atoms with Crippen LogP contribution in [0.1, 0.15) is 34.1 Å². The first-order valence-corrected chi connectivity index (χ1v) is 9.30. The van der Waals surface area contributed by atoms with E-state index in [1.165, 1.54) is 0 Å². The van der Waals surface area contributed by atoms with E-state index in [-0.39, 0.29) is 17.4 Å². The maximum Gasteiger partial charge on any atom is 0.220 e. The van der Waals surface area contributed by atoms with Gasteiger partial charge in [-0.05, 0) is 56.2 Å². The molecule has 0 aliphatic heterocycles. The first-order chi connectivity index (χ1) is 12.4. The number of nitrogens with zero attached hydrogens (tertiary/aromatic N) is 3. The van der Waals surface area contributed by atoms with Crippen LogP contribution < -0.4 is 0 Å². The molecule has 0 aromatic rings. The van der Waals surface area contributed by atoms with Gasteiger partial charge in [-0.1, -0.05) is 38.7 Å². The zero-order valence-corrected chi connectivity index (χ0v) is 17.2. The summed E-state index contributed by atoms with van der Waals surface area (Å²) in [5.74, 6) is 0.996. The lowest BCUT2D eigenvalue weighted by Gasteiger charge is -2.24. The maximum absolute atomic E-state index is 6.24. The molecule has 1 rings (SSSR count). The van der Waals surface area contributed by atoms with E-state index < -0.39 is 0 Å². The van der Waals surface area contributed by atoms with Crippen molar-refractivity contribution in [2.75, 3.05) is 13.7 Å². The van der Waals surface area contributed by atoms with Crippen LogP contribution in [0.4, 0.5) is 0 Å². The lowest BCUT2D eigenvalue weighted by Crippen LogP contribution is -2.26. The molecule has 0 spiro atoms. The molecule has 0 bridgehead atoms. The van der Waals surface area contributed by atoms with Gasteiger partial charge in [0.15, 0.2) is 0 Å².